The van der Waals surface area contributed by atoms with Crippen LogP contribution in [0.1, 0.15) is 46.7 Å². The van der Waals surface area contributed by atoms with Crippen molar-refractivity contribution in [3.63, 3.8) is 0 Å². The second kappa shape index (κ2) is 6.59. The highest BCUT2D eigenvalue weighted by atomic mass is 16.2. The van der Waals surface area contributed by atoms with E-state index >= 15 is 0 Å². The van der Waals surface area contributed by atoms with Crippen LogP contribution in [-0.4, -0.2) is 33.4 Å². The first-order valence-electron chi connectivity index (χ1n) is 9.24. The van der Waals surface area contributed by atoms with Crippen LogP contribution in [0.4, 0.5) is 5.69 Å². The number of anilines is 1. The summed E-state index contributed by atoms with van der Waals surface area (Å²) in [7, 11) is 1.72. The van der Waals surface area contributed by atoms with Crippen molar-refractivity contribution in [3.05, 3.63) is 57.3 Å². The van der Waals surface area contributed by atoms with Gasteiger partial charge in [-0.2, -0.15) is 0 Å². The molecule has 0 aliphatic carbocycles. The molecule has 0 saturated carbocycles. The summed E-state index contributed by atoms with van der Waals surface area (Å²) >= 11 is 0. The first-order chi connectivity index (χ1) is 12.5. The number of aryl methyl sites for hydroxylation is 1. The molecule has 0 unspecified atom stereocenters. The molecule has 0 spiro atoms. The van der Waals surface area contributed by atoms with E-state index in [4.69, 9.17) is 0 Å². The smallest absolute Gasteiger partial charge is 0.258 e. The summed E-state index contributed by atoms with van der Waals surface area (Å²) < 4.78 is 1.54. The molecule has 0 N–H and O–H groups in total. The van der Waals surface area contributed by atoms with Gasteiger partial charge in [-0.25, -0.2) is 4.98 Å². The van der Waals surface area contributed by atoms with Crippen molar-refractivity contribution in [1.29, 1.82) is 0 Å². The Morgan fingerprint density at radius 2 is 1.73 bits per heavy atom. The van der Waals surface area contributed by atoms with Crippen LogP contribution < -0.4 is 10.5 Å². The second-order valence-corrected chi connectivity index (χ2v) is 7.20. The zero-order valence-corrected chi connectivity index (χ0v) is 15.4. The minimum absolute atomic E-state index is 0.0482. The Labute approximate surface area is 153 Å². The average molecular weight is 352 g/mol. The molecule has 3 heterocycles. The number of piperidine rings is 1. The zero-order chi connectivity index (χ0) is 18.3. The van der Waals surface area contributed by atoms with Gasteiger partial charge < -0.3 is 9.80 Å². The van der Waals surface area contributed by atoms with E-state index in [-0.39, 0.29) is 11.5 Å². The van der Waals surface area contributed by atoms with Gasteiger partial charge in [0.25, 0.3) is 11.5 Å². The van der Waals surface area contributed by atoms with Crippen LogP contribution in [0.15, 0.2) is 29.1 Å². The van der Waals surface area contributed by atoms with Crippen LogP contribution in [0.2, 0.25) is 0 Å². The third kappa shape index (κ3) is 2.89. The molecule has 2 aliphatic heterocycles. The first-order valence-corrected chi connectivity index (χ1v) is 9.24. The van der Waals surface area contributed by atoms with Gasteiger partial charge in [0, 0.05) is 31.4 Å². The van der Waals surface area contributed by atoms with E-state index in [1.165, 1.54) is 24.9 Å². The number of nitrogens with zero attached hydrogens (tertiary/aromatic N) is 4. The quantitative estimate of drug-likeness (QED) is 0.832. The van der Waals surface area contributed by atoms with Crippen molar-refractivity contribution in [2.24, 2.45) is 7.05 Å². The molecule has 0 radical (unpaired) electrons. The Bertz CT molecular complexity index is 895. The van der Waals surface area contributed by atoms with Gasteiger partial charge in [-0.15, -0.1) is 0 Å². The molecule has 1 saturated heterocycles. The maximum absolute atomic E-state index is 12.9. The maximum Gasteiger partial charge on any atom is 0.258 e. The van der Waals surface area contributed by atoms with Gasteiger partial charge >= 0.3 is 0 Å². The van der Waals surface area contributed by atoms with Crippen molar-refractivity contribution in [3.8, 4) is 0 Å². The van der Waals surface area contributed by atoms with Crippen molar-refractivity contribution in [1.82, 2.24) is 14.5 Å². The number of hydrogen-bond donors (Lipinski definition) is 0. The number of rotatable bonds is 2. The number of benzene rings is 1. The SMILES string of the molecule is Cc1nc2c(c(=O)n1C)CN(C(=O)c1ccc(N3CCCCC3)cc1)C2. The van der Waals surface area contributed by atoms with E-state index in [1.807, 2.05) is 31.2 Å². The number of carbonyl (C=O) groups is 1. The highest BCUT2D eigenvalue weighted by Gasteiger charge is 2.28. The molecule has 4 rings (SSSR count). The van der Waals surface area contributed by atoms with Crippen molar-refractivity contribution >= 4 is 11.6 Å². The van der Waals surface area contributed by atoms with Crippen LogP contribution in [0.3, 0.4) is 0 Å². The average Bonchev–Trinajstić information content (AvgIpc) is 3.10. The fourth-order valence-electron chi connectivity index (χ4n) is 3.82. The van der Waals surface area contributed by atoms with E-state index in [9.17, 15) is 9.59 Å². The van der Waals surface area contributed by atoms with Gasteiger partial charge in [-0.1, -0.05) is 0 Å². The molecular formula is C20H24N4O2. The second-order valence-electron chi connectivity index (χ2n) is 7.20. The van der Waals surface area contributed by atoms with Gasteiger partial charge in [-0.05, 0) is 50.5 Å². The van der Waals surface area contributed by atoms with E-state index in [0.717, 1.165) is 18.8 Å². The minimum atomic E-state index is -0.0525. The molecule has 26 heavy (non-hydrogen) atoms. The van der Waals surface area contributed by atoms with E-state index in [0.29, 0.717) is 30.0 Å². The van der Waals surface area contributed by atoms with Gasteiger partial charge in [0.05, 0.1) is 24.3 Å². The molecule has 6 heteroatoms. The standard InChI is InChI=1S/C20H24N4O2/c1-14-21-18-13-24(12-17(18)20(26)22(14)2)19(25)15-6-8-16(9-7-15)23-10-4-3-5-11-23/h6-9H,3-5,10-13H2,1-2H3. The summed E-state index contributed by atoms with van der Waals surface area (Å²) in [5.74, 6) is 0.627. The Morgan fingerprint density at radius 1 is 1.04 bits per heavy atom. The van der Waals surface area contributed by atoms with Crippen LogP contribution in [0.5, 0.6) is 0 Å². The van der Waals surface area contributed by atoms with Crippen LogP contribution in [0, 0.1) is 6.92 Å². The highest BCUT2D eigenvalue weighted by molar-refractivity contribution is 5.94. The van der Waals surface area contributed by atoms with Crippen LogP contribution in [0.25, 0.3) is 0 Å². The lowest BCUT2D eigenvalue weighted by molar-refractivity contribution is 0.0750. The third-order valence-corrected chi connectivity index (χ3v) is 5.51. The van der Waals surface area contributed by atoms with E-state index in [1.54, 1.807) is 16.5 Å². The molecular weight excluding hydrogens is 328 g/mol. The van der Waals surface area contributed by atoms with Gasteiger partial charge in [-0.3, -0.25) is 14.2 Å². The number of carbonyl (C=O) groups excluding carboxylic acids is 1. The molecule has 1 fully saturated rings. The van der Waals surface area contributed by atoms with Crippen LogP contribution in [-0.2, 0) is 20.1 Å². The summed E-state index contributed by atoms with van der Waals surface area (Å²) in [6, 6.07) is 7.85. The third-order valence-electron chi connectivity index (χ3n) is 5.51. The topological polar surface area (TPSA) is 58.4 Å². The number of aromatic nitrogens is 2. The summed E-state index contributed by atoms with van der Waals surface area (Å²) in [5.41, 5.74) is 3.15. The normalized spacial score (nSPS) is 16.7. The maximum atomic E-state index is 12.9. The number of hydrogen-bond acceptors (Lipinski definition) is 4. The lowest BCUT2D eigenvalue weighted by atomic mass is 10.1. The fraction of sp³-hybridized carbons (Fsp3) is 0.450. The number of amides is 1. The van der Waals surface area contributed by atoms with E-state index < -0.39 is 0 Å². The molecule has 0 bridgehead atoms. The molecule has 0 atom stereocenters. The molecule has 1 aromatic carbocycles. The lowest BCUT2D eigenvalue weighted by Crippen LogP contribution is -2.29. The van der Waals surface area contributed by atoms with Gasteiger partial charge in [0.15, 0.2) is 0 Å². The molecule has 136 valence electrons. The molecule has 1 aromatic heterocycles. The molecule has 6 nitrogen and oxygen atoms in total. The molecule has 2 aliphatic rings. The lowest BCUT2D eigenvalue weighted by Gasteiger charge is -2.29. The largest absolute Gasteiger partial charge is 0.372 e. The molecule has 2 aromatic rings. The van der Waals surface area contributed by atoms with E-state index in [2.05, 4.69) is 9.88 Å². The summed E-state index contributed by atoms with van der Waals surface area (Å²) in [4.78, 5) is 33.8. The van der Waals surface area contributed by atoms with Gasteiger partial charge in [0.2, 0.25) is 0 Å². The van der Waals surface area contributed by atoms with Gasteiger partial charge in [0.1, 0.15) is 5.82 Å². The Morgan fingerprint density at radius 3 is 2.42 bits per heavy atom. The minimum Gasteiger partial charge on any atom is -0.372 e. The Balaban J connectivity index is 1.52. The first kappa shape index (κ1) is 16.8. The zero-order valence-electron chi connectivity index (χ0n) is 15.4. The Hall–Kier alpha value is -2.63. The van der Waals surface area contributed by atoms with Crippen molar-refractivity contribution in [2.45, 2.75) is 39.3 Å². The predicted molar refractivity (Wildman–Crippen MR) is 100 cm³/mol. The van der Waals surface area contributed by atoms with Crippen molar-refractivity contribution in [2.75, 3.05) is 18.0 Å². The molecule has 1 amide bonds. The Kier molecular flexibility index (Phi) is 4.26. The van der Waals surface area contributed by atoms with Crippen molar-refractivity contribution < 1.29 is 4.79 Å². The highest BCUT2D eigenvalue weighted by Crippen LogP contribution is 2.23. The fourth-order valence-corrected chi connectivity index (χ4v) is 3.82. The summed E-state index contributed by atoms with van der Waals surface area (Å²) in [6.45, 7) is 4.72. The predicted octanol–water partition coefficient (Wildman–Crippen LogP) is 2.24. The monoisotopic (exact) mass is 352 g/mol. The summed E-state index contributed by atoms with van der Waals surface area (Å²) in [5, 5.41) is 0. The summed E-state index contributed by atoms with van der Waals surface area (Å²) in [6.07, 6.45) is 3.76. The van der Waals surface area contributed by atoms with Crippen LogP contribution >= 0.6 is 0 Å². The number of fused-ring (bicyclic) bond motifs is 1.